The zero-order valence-electron chi connectivity index (χ0n) is 10.6. The van der Waals surface area contributed by atoms with Gasteiger partial charge in [-0.05, 0) is 0 Å². The number of rotatable bonds is 3. The molecule has 2 fully saturated rings. The van der Waals surface area contributed by atoms with E-state index in [4.69, 9.17) is 14.2 Å². The second-order valence-electron chi connectivity index (χ2n) is 5.00. The number of aliphatic hydroxyl groups is 6. The molecule has 2 aliphatic rings. The van der Waals surface area contributed by atoms with Gasteiger partial charge in [0.15, 0.2) is 6.29 Å². The summed E-state index contributed by atoms with van der Waals surface area (Å²) in [7, 11) is 0. The molecule has 0 aliphatic carbocycles. The zero-order chi connectivity index (χ0) is 14.9. The summed E-state index contributed by atoms with van der Waals surface area (Å²) in [6.45, 7) is -0.560. The third-order valence-electron chi connectivity index (χ3n) is 3.49. The summed E-state index contributed by atoms with van der Waals surface area (Å²) in [5.74, 6) is 0. The molecule has 2 heterocycles. The molecule has 0 saturated carbocycles. The van der Waals surface area contributed by atoms with Gasteiger partial charge in [-0.2, -0.15) is 0 Å². The van der Waals surface area contributed by atoms with E-state index >= 15 is 0 Å². The molecule has 2 saturated heterocycles. The Kier molecular flexibility index (Phi) is 5.29. The predicted octanol–water partition coefficient (Wildman–Crippen LogP) is -4.08. The monoisotopic (exact) mass is 296 g/mol. The van der Waals surface area contributed by atoms with Crippen molar-refractivity contribution < 1.29 is 44.8 Å². The molecule has 6 N–H and O–H groups in total. The van der Waals surface area contributed by atoms with E-state index in [0.29, 0.717) is 0 Å². The fourth-order valence-electron chi connectivity index (χ4n) is 2.13. The van der Waals surface area contributed by atoms with Crippen molar-refractivity contribution in [3.8, 4) is 0 Å². The van der Waals surface area contributed by atoms with Crippen LogP contribution in [0.25, 0.3) is 0 Å². The minimum Gasteiger partial charge on any atom is -0.388 e. The van der Waals surface area contributed by atoms with E-state index in [1.54, 1.807) is 0 Å². The van der Waals surface area contributed by atoms with Crippen LogP contribution in [0.3, 0.4) is 0 Å². The Morgan fingerprint density at radius 1 is 0.750 bits per heavy atom. The molecule has 3 unspecified atom stereocenters. The molecule has 118 valence electrons. The molecule has 20 heavy (non-hydrogen) atoms. The summed E-state index contributed by atoms with van der Waals surface area (Å²) >= 11 is 0. The van der Waals surface area contributed by atoms with Crippen molar-refractivity contribution >= 4 is 0 Å². The van der Waals surface area contributed by atoms with Crippen LogP contribution in [0, 0.1) is 0 Å². The Bertz CT molecular complexity index is 284. The molecular weight excluding hydrogens is 276 g/mol. The highest BCUT2D eigenvalue weighted by Crippen LogP contribution is 2.20. The van der Waals surface area contributed by atoms with Gasteiger partial charge in [-0.1, -0.05) is 0 Å². The second-order valence-corrected chi connectivity index (χ2v) is 5.00. The van der Waals surface area contributed by atoms with Crippen molar-refractivity contribution in [2.45, 2.75) is 49.0 Å². The van der Waals surface area contributed by atoms with Gasteiger partial charge in [0.05, 0.1) is 19.8 Å². The van der Waals surface area contributed by atoms with E-state index in [9.17, 15) is 30.6 Å². The first-order valence-corrected chi connectivity index (χ1v) is 6.35. The fourth-order valence-corrected chi connectivity index (χ4v) is 2.13. The standard InChI is InChI=1S/C11H20O9/c12-4-1-18-6(9(16)7(4)14)3-20-11-10(17)8(15)5(13)2-19-11/h4-17H,1-3H2/t4?,5-,6?,7+,8-,9+,10?,11-/m0/s1. The Morgan fingerprint density at radius 3 is 1.95 bits per heavy atom. The quantitative estimate of drug-likeness (QED) is 0.306. The van der Waals surface area contributed by atoms with Gasteiger partial charge in [0, 0.05) is 0 Å². The molecule has 0 bridgehead atoms. The molecule has 9 heteroatoms. The van der Waals surface area contributed by atoms with Gasteiger partial charge in [-0.15, -0.1) is 0 Å². The highest BCUT2D eigenvalue weighted by Gasteiger charge is 2.41. The molecule has 0 aromatic heterocycles. The highest BCUT2D eigenvalue weighted by molar-refractivity contribution is 4.87. The third-order valence-corrected chi connectivity index (χ3v) is 3.49. The normalized spacial score (nSPS) is 50.1. The maximum absolute atomic E-state index is 9.69. The smallest absolute Gasteiger partial charge is 0.186 e. The molecule has 8 atom stereocenters. The molecule has 0 aromatic rings. The van der Waals surface area contributed by atoms with Crippen LogP contribution in [0.1, 0.15) is 0 Å². The van der Waals surface area contributed by atoms with Crippen molar-refractivity contribution in [1.82, 2.24) is 0 Å². The average molecular weight is 296 g/mol. The number of hydrogen-bond acceptors (Lipinski definition) is 9. The number of hydrogen-bond donors (Lipinski definition) is 6. The Balaban J connectivity index is 1.83. The largest absolute Gasteiger partial charge is 0.388 e. The van der Waals surface area contributed by atoms with Crippen LogP contribution in [0.5, 0.6) is 0 Å². The second kappa shape index (κ2) is 6.60. The lowest BCUT2D eigenvalue weighted by atomic mass is 10.0. The molecule has 9 nitrogen and oxygen atoms in total. The summed E-state index contributed by atoms with van der Waals surface area (Å²) in [5.41, 5.74) is 0. The maximum atomic E-state index is 9.69. The van der Waals surface area contributed by atoms with E-state index in [0.717, 1.165) is 0 Å². The van der Waals surface area contributed by atoms with Gasteiger partial charge >= 0.3 is 0 Å². The third kappa shape index (κ3) is 3.27. The molecular formula is C11H20O9. The summed E-state index contributed by atoms with van der Waals surface area (Å²) in [5, 5.41) is 56.9. The van der Waals surface area contributed by atoms with Crippen LogP contribution < -0.4 is 0 Å². The van der Waals surface area contributed by atoms with E-state index in [2.05, 4.69) is 0 Å². The Labute approximate surface area is 114 Å². The SMILES string of the molecule is OC1COC(CO[C@@H]2OC[C@H](O)[C@H](O)C2O)[C@@H](O)[C@@H]1O. The molecule has 0 spiro atoms. The maximum Gasteiger partial charge on any atom is 0.186 e. The predicted molar refractivity (Wildman–Crippen MR) is 61.5 cm³/mol. The van der Waals surface area contributed by atoms with E-state index < -0.39 is 49.0 Å². The van der Waals surface area contributed by atoms with Crippen LogP contribution in [0.15, 0.2) is 0 Å². The van der Waals surface area contributed by atoms with Gasteiger partial charge in [-0.3, -0.25) is 0 Å². The van der Waals surface area contributed by atoms with Crippen LogP contribution >= 0.6 is 0 Å². The minimum absolute atomic E-state index is 0.151. The summed E-state index contributed by atoms with van der Waals surface area (Å²) < 4.78 is 15.3. The first-order chi connectivity index (χ1) is 9.41. The van der Waals surface area contributed by atoms with Gasteiger partial charge in [0.25, 0.3) is 0 Å². The van der Waals surface area contributed by atoms with Crippen LogP contribution in [0.4, 0.5) is 0 Å². The van der Waals surface area contributed by atoms with Crippen LogP contribution in [-0.2, 0) is 14.2 Å². The molecule has 0 aromatic carbocycles. The van der Waals surface area contributed by atoms with Crippen LogP contribution in [0.2, 0.25) is 0 Å². The van der Waals surface area contributed by atoms with E-state index in [-0.39, 0.29) is 19.8 Å². The van der Waals surface area contributed by atoms with Gasteiger partial charge in [0.1, 0.15) is 42.7 Å². The van der Waals surface area contributed by atoms with Crippen LogP contribution in [-0.4, -0.2) is 99.5 Å². The van der Waals surface area contributed by atoms with E-state index in [1.807, 2.05) is 0 Å². The molecule has 2 rings (SSSR count). The summed E-state index contributed by atoms with van der Waals surface area (Å²) in [4.78, 5) is 0. The fraction of sp³-hybridized carbons (Fsp3) is 1.00. The number of aliphatic hydroxyl groups excluding tert-OH is 6. The zero-order valence-corrected chi connectivity index (χ0v) is 10.6. The van der Waals surface area contributed by atoms with Crippen molar-refractivity contribution in [2.75, 3.05) is 19.8 Å². The molecule has 2 aliphatic heterocycles. The average Bonchev–Trinajstić information content (AvgIpc) is 2.43. The first kappa shape index (κ1) is 16.0. The van der Waals surface area contributed by atoms with Crippen molar-refractivity contribution in [2.24, 2.45) is 0 Å². The lowest BCUT2D eigenvalue weighted by Gasteiger charge is -2.38. The van der Waals surface area contributed by atoms with Gasteiger partial charge < -0.3 is 44.8 Å². The van der Waals surface area contributed by atoms with Crippen molar-refractivity contribution in [1.29, 1.82) is 0 Å². The van der Waals surface area contributed by atoms with E-state index in [1.165, 1.54) is 0 Å². The first-order valence-electron chi connectivity index (χ1n) is 6.35. The summed E-state index contributed by atoms with van der Waals surface area (Å²) in [6.07, 6.45) is -9.94. The van der Waals surface area contributed by atoms with Crippen molar-refractivity contribution in [3.05, 3.63) is 0 Å². The molecule has 0 amide bonds. The summed E-state index contributed by atoms with van der Waals surface area (Å²) in [6, 6.07) is 0. The minimum atomic E-state index is -1.44. The number of ether oxygens (including phenoxy) is 3. The lowest BCUT2D eigenvalue weighted by Crippen LogP contribution is -2.57. The van der Waals surface area contributed by atoms with Gasteiger partial charge in [0.2, 0.25) is 0 Å². The molecule has 0 radical (unpaired) electrons. The highest BCUT2D eigenvalue weighted by atomic mass is 16.7. The Morgan fingerprint density at radius 2 is 1.30 bits per heavy atom. The topological polar surface area (TPSA) is 149 Å². The Hall–Kier alpha value is -0.360. The van der Waals surface area contributed by atoms with Crippen molar-refractivity contribution in [3.63, 3.8) is 0 Å². The van der Waals surface area contributed by atoms with Gasteiger partial charge in [-0.25, -0.2) is 0 Å². The lowest BCUT2D eigenvalue weighted by molar-refractivity contribution is -0.285.